The number of halogens is 1. The number of anilines is 2. The molecule has 0 aliphatic heterocycles. The van der Waals surface area contributed by atoms with E-state index >= 15 is 0 Å². The van der Waals surface area contributed by atoms with Crippen molar-refractivity contribution in [3.63, 3.8) is 0 Å². The van der Waals surface area contributed by atoms with Crippen LogP contribution in [0.3, 0.4) is 0 Å². The fourth-order valence-electron chi connectivity index (χ4n) is 1.77. The summed E-state index contributed by atoms with van der Waals surface area (Å²) in [4.78, 5) is 2.35. The molecule has 0 atom stereocenters. The van der Waals surface area contributed by atoms with Crippen molar-refractivity contribution in [1.29, 1.82) is 0 Å². The maximum Gasteiger partial charge on any atom is 0.0660 e. The van der Waals surface area contributed by atoms with E-state index in [1.807, 2.05) is 18.2 Å². The van der Waals surface area contributed by atoms with Crippen LogP contribution in [0.25, 0.3) is 0 Å². The second kappa shape index (κ2) is 3.70. The van der Waals surface area contributed by atoms with E-state index in [-0.39, 0.29) is 0 Å². The van der Waals surface area contributed by atoms with E-state index in [4.69, 9.17) is 17.3 Å². The predicted octanol–water partition coefficient (Wildman–Crippen LogP) is 2.91. The van der Waals surface area contributed by atoms with Crippen molar-refractivity contribution in [2.45, 2.75) is 25.8 Å². The maximum absolute atomic E-state index is 6.15. The molecule has 1 saturated carbocycles. The van der Waals surface area contributed by atoms with Crippen molar-refractivity contribution in [3.05, 3.63) is 23.2 Å². The Balaban J connectivity index is 2.29. The van der Waals surface area contributed by atoms with Gasteiger partial charge < -0.3 is 10.6 Å². The summed E-state index contributed by atoms with van der Waals surface area (Å²) >= 11 is 6.15. The van der Waals surface area contributed by atoms with E-state index in [9.17, 15) is 0 Å². The van der Waals surface area contributed by atoms with Gasteiger partial charge in [0, 0.05) is 18.3 Å². The topological polar surface area (TPSA) is 29.3 Å². The smallest absolute Gasteiger partial charge is 0.0660 e. The van der Waals surface area contributed by atoms with Gasteiger partial charge in [-0.25, -0.2) is 0 Å². The molecule has 2 nitrogen and oxygen atoms in total. The van der Waals surface area contributed by atoms with Crippen LogP contribution < -0.4 is 10.6 Å². The van der Waals surface area contributed by atoms with E-state index in [2.05, 4.69) is 11.8 Å². The number of hydrogen-bond acceptors (Lipinski definition) is 2. The zero-order valence-electron chi connectivity index (χ0n) is 8.33. The van der Waals surface area contributed by atoms with E-state index in [0.717, 1.165) is 22.9 Å². The molecule has 1 aromatic carbocycles. The Morgan fingerprint density at radius 1 is 1.50 bits per heavy atom. The normalized spacial score (nSPS) is 15.6. The van der Waals surface area contributed by atoms with E-state index in [1.165, 1.54) is 12.8 Å². The van der Waals surface area contributed by atoms with Gasteiger partial charge >= 0.3 is 0 Å². The predicted molar refractivity (Wildman–Crippen MR) is 61.9 cm³/mol. The molecule has 0 aromatic heterocycles. The molecule has 2 rings (SSSR count). The minimum absolute atomic E-state index is 0.695. The number of nitrogens with zero attached hydrogens (tertiary/aromatic N) is 1. The number of hydrogen-bond donors (Lipinski definition) is 1. The Hall–Kier alpha value is -0.890. The van der Waals surface area contributed by atoms with E-state index < -0.39 is 0 Å². The van der Waals surface area contributed by atoms with Crippen LogP contribution in [-0.2, 0) is 0 Å². The average molecular weight is 211 g/mol. The Morgan fingerprint density at radius 3 is 2.71 bits per heavy atom. The first-order valence-corrected chi connectivity index (χ1v) is 5.42. The third-order valence-corrected chi connectivity index (χ3v) is 2.91. The molecule has 2 N–H and O–H groups in total. The largest absolute Gasteiger partial charge is 0.399 e. The highest BCUT2D eigenvalue weighted by atomic mass is 35.5. The highest BCUT2D eigenvalue weighted by Gasteiger charge is 2.29. The molecule has 1 aliphatic rings. The first-order chi connectivity index (χ1) is 6.72. The summed E-state index contributed by atoms with van der Waals surface area (Å²) in [5, 5.41) is 0.763. The Kier molecular flexibility index (Phi) is 2.55. The Bertz CT molecular complexity index is 334. The molecular formula is C11H15ClN2. The van der Waals surface area contributed by atoms with Crippen LogP contribution in [-0.4, -0.2) is 12.6 Å². The van der Waals surface area contributed by atoms with Gasteiger partial charge in [0.1, 0.15) is 0 Å². The molecule has 0 radical (unpaired) electrons. The first kappa shape index (κ1) is 9.66. The van der Waals surface area contributed by atoms with Crippen molar-refractivity contribution in [2.24, 2.45) is 0 Å². The third kappa shape index (κ3) is 1.80. The monoisotopic (exact) mass is 210 g/mol. The van der Waals surface area contributed by atoms with Gasteiger partial charge in [-0.2, -0.15) is 0 Å². The molecule has 0 amide bonds. The molecule has 1 aliphatic carbocycles. The first-order valence-electron chi connectivity index (χ1n) is 5.04. The summed E-state index contributed by atoms with van der Waals surface area (Å²) in [7, 11) is 0. The number of benzene rings is 1. The second-order valence-corrected chi connectivity index (χ2v) is 4.14. The van der Waals surface area contributed by atoms with Gasteiger partial charge in [-0.15, -0.1) is 0 Å². The maximum atomic E-state index is 6.15. The van der Waals surface area contributed by atoms with Crippen LogP contribution in [0.1, 0.15) is 19.8 Å². The van der Waals surface area contributed by atoms with Gasteiger partial charge in [0.2, 0.25) is 0 Å². The van der Waals surface area contributed by atoms with Crippen LogP contribution in [0.2, 0.25) is 5.02 Å². The van der Waals surface area contributed by atoms with Gasteiger partial charge in [-0.1, -0.05) is 11.6 Å². The van der Waals surface area contributed by atoms with Gasteiger partial charge in [0.25, 0.3) is 0 Å². The van der Waals surface area contributed by atoms with Crippen LogP contribution in [0.15, 0.2) is 18.2 Å². The average Bonchev–Trinajstić information content (AvgIpc) is 2.93. The summed E-state index contributed by atoms with van der Waals surface area (Å²) < 4.78 is 0. The summed E-state index contributed by atoms with van der Waals surface area (Å²) in [6.07, 6.45) is 2.57. The lowest BCUT2D eigenvalue weighted by Gasteiger charge is -2.23. The van der Waals surface area contributed by atoms with Gasteiger partial charge in [0.05, 0.1) is 10.7 Å². The zero-order chi connectivity index (χ0) is 10.1. The van der Waals surface area contributed by atoms with E-state index in [0.29, 0.717) is 6.04 Å². The zero-order valence-corrected chi connectivity index (χ0v) is 9.09. The van der Waals surface area contributed by atoms with Crippen molar-refractivity contribution >= 4 is 23.0 Å². The molecule has 76 valence electrons. The van der Waals surface area contributed by atoms with Crippen molar-refractivity contribution < 1.29 is 0 Å². The lowest BCUT2D eigenvalue weighted by atomic mass is 10.2. The molecule has 1 fully saturated rings. The van der Waals surface area contributed by atoms with Gasteiger partial charge in [-0.3, -0.25) is 0 Å². The fraction of sp³-hybridized carbons (Fsp3) is 0.455. The lowest BCUT2D eigenvalue weighted by molar-refractivity contribution is 0.827. The van der Waals surface area contributed by atoms with Crippen molar-refractivity contribution in [3.8, 4) is 0 Å². The third-order valence-electron chi connectivity index (χ3n) is 2.61. The molecule has 0 bridgehead atoms. The molecule has 14 heavy (non-hydrogen) atoms. The fourth-order valence-corrected chi connectivity index (χ4v) is 2.07. The number of nitrogen functional groups attached to an aromatic ring is 1. The van der Waals surface area contributed by atoms with Crippen molar-refractivity contribution in [2.75, 3.05) is 17.2 Å². The number of nitrogens with two attached hydrogens (primary N) is 1. The molecule has 0 saturated heterocycles. The lowest BCUT2D eigenvalue weighted by Crippen LogP contribution is -2.25. The molecule has 0 spiro atoms. The molecule has 0 unspecified atom stereocenters. The summed E-state index contributed by atoms with van der Waals surface area (Å²) in [6.45, 7) is 3.17. The second-order valence-electron chi connectivity index (χ2n) is 3.73. The highest BCUT2D eigenvalue weighted by Crippen LogP contribution is 2.36. The molecule has 3 heteroatoms. The quantitative estimate of drug-likeness (QED) is 0.778. The summed E-state index contributed by atoms with van der Waals surface area (Å²) in [6, 6.07) is 6.44. The van der Waals surface area contributed by atoms with Crippen LogP contribution >= 0.6 is 11.6 Å². The molecule has 0 heterocycles. The van der Waals surface area contributed by atoms with Crippen LogP contribution in [0.5, 0.6) is 0 Å². The minimum Gasteiger partial charge on any atom is -0.399 e. The molecule has 1 aromatic rings. The number of rotatable bonds is 3. The standard InChI is InChI=1S/C11H15ClN2/c1-2-14(9-4-5-9)11-6-3-8(13)7-10(11)12/h3,6-7,9H,2,4-5,13H2,1H3. The van der Waals surface area contributed by atoms with Crippen LogP contribution in [0, 0.1) is 0 Å². The SMILES string of the molecule is CCN(c1ccc(N)cc1Cl)C1CC1. The van der Waals surface area contributed by atoms with Gasteiger partial charge in [0.15, 0.2) is 0 Å². The van der Waals surface area contributed by atoms with Gasteiger partial charge in [-0.05, 0) is 38.0 Å². The Labute approximate surface area is 89.7 Å². The minimum atomic E-state index is 0.695. The van der Waals surface area contributed by atoms with Crippen LogP contribution in [0.4, 0.5) is 11.4 Å². The Morgan fingerprint density at radius 2 is 2.21 bits per heavy atom. The molecular weight excluding hydrogens is 196 g/mol. The van der Waals surface area contributed by atoms with E-state index in [1.54, 1.807) is 0 Å². The summed E-state index contributed by atoms with van der Waals surface area (Å²) in [5.74, 6) is 0. The van der Waals surface area contributed by atoms with Crippen molar-refractivity contribution in [1.82, 2.24) is 0 Å². The highest BCUT2D eigenvalue weighted by molar-refractivity contribution is 6.33. The summed E-state index contributed by atoms with van der Waals surface area (Å²) in [5.41, 5.74) is 7.50.